The van der Waals surface area contributed by atoms with Crippen molar-refractivity contribution in [2.24, 2.45) is 0 Å². The lowest BCUT2D eigenvalue weighted by Gasteiger charge is -1.91. The first kappa shape index (κ1) is 8.78. The second kappa shape index (κ2) is 3.90. The number of nitrogens with zero attached hydrogens (tertiary/aromatic N) is 1. The summed E-state index contributed by atoms with van der Waals surface area (Å²) in [6.45, 7) is 7.88. The summed E-state index contributed by atoms with van der Waals surface area (Å²) in [5.74, 6) is 0. The molecule has 1 aromatic rings. The molecule has 2 heteroatoms. The number of nitrogens with one attached hydrogen (secondary N) is 1. The van der Waals surface area contributed by atoms with Crippen LogP contribution in [0, 0.1) is 0 Å². The first-order valence-corrected chi connectivity index (χ1v) is 4.14. The van der Waals surface area contributed by atoms with Crippen LogP contribution < -0.4 is 10.6 Å². The van der Waals surface area contributed by atoms with Crippen LogP contribution in [0.1, 0.15) is 20.3 Å². The van der Waals surface area contributed by atoms with Crippen molar-refractivity contribution in [3.63, 3.8) is 0 Å². The van der Waals surface area contributed by atoms with Crippen molar-refractivity contribution >= 4 is 11.6 Å². The Morgan fingerprint density at radius 3 is 3.00 bits per heavy atom. The molecule has 0 saturated heterocycles. The van der Waals surface area contributed by atoms with E-state index in [1.807, 2.05) is 25.3 Å². The standard InChI is InChI=1S/C10H14N2/c1-4-8(5-2)10-9(6-3)7-11-12-10/h4,6-7,12H,1,5H2,2-3H3/b9-6-,10-8-. The Labute approximate surface area is 72.3 Å². The third kappa shape index (κ3) is 1.47. The first-order valence-electron chi connectivity index (χ1n) is 4.14. The smallest absolute Gasteiger partial charge is 0.0678 e. The predicted octanol–water partition coefficient (Wildman–Crippen LogP) is 0.957. The van der Waals surface area contributed by atoms with Crippen LogP contribution in [0.3, 0.4) is 0 Å². The van der Waals surface area contributed by atoms with Gasteiger partial charge in [0.1, 0.15) is 0 Å². The van der Waals surface area contributed by atoms with Crippen LogP contribution in [0.25, 0.3) is 11.6 Å². The second-order valence-electron chi connectivity index (χ2n) is 2.57. The molecule has 1 aromatic heterocycles. The SMILES string of the molecule is C=C/C(CC)=c1/[nH]nc/c1=C/C. The van der Waals surface area contributed by atoms with Gasteiger partial charge in [0.15, 0.2) is 0 Å². The highest BCUT2D eigenvalue weighted by Gasteiger charge is 1.92. The van der Waals surface area contributed by atoms with Gasteiger partial charge in [0.2, 0.25) is 0 Å². The average molecular weight is 162 g/mol. The molecule has 0 saturated carbocycles. The van der Waals surface area contributed by atoms with Gasteiger partial charge in [-0.1, -0.05) is 25.7 Å². The van der Waals surface area contributed by atoms with Gasteiger partial charge in [-0.05, 0) is 18.9 Å². The van der Waals surface area contributed by atoms with Crippen molar-refractivity contribution in [2.45, 2.75) is 20.3 Å². The van der Waals surface area contributed by atoms with E-state index in [2.05, 4.69) is 23.7 Å². The molecule has 12 heavy (non-hydrogen) atoms. The molecule has 0 aliphatic rings. The van der Waals surface area contributed by atoms with Crippen LogP contribution in [0.15, 0.2) is 18.9 Å². The second-order valence-corrected chi connectivity index (χ2v) is 2.57. The topological polar surface area (TPSA) is 28.7 Å². The molecule has 0 unspecified atom stereocenters. The molecule has 0 spiro atoms. The van der Waals surface area contributed by atoms with E-state index in [1.165, 1.54) is 5.57 Å². The monoisotopic (exact) mass is 162 g/mol. The molecule has 0 fully saturated rings. The van der Waals surface area contributed by atoms with Crippen molar-refractivity contribution in [1.29, 1.82) is 0 Å². The van der Waals surface area contributed by atoms with Crippen molar-refractivity contribution < 1.29 is 0 Å². The predicted molar refractivity (Wildman–Crippen MR) is 51.9 cm³/mol. The molecule has 1 N–H and O–H groups in total. The number of H-pyrrole nitrogens is 1. The average Bonchev–Trinajstić information content (AvgIpc) is 2.55. The van der Waals surface area contributed by atoms with Crippen molar-refractivity contribution in [2.75, 3.05) is 0 Å². The van der Waals surface area contributed by atoms with Crippen LogP contribution in [-0.2, 0) is 0 Å². The van der Waals surface area contributed by atoms with E-state index in [9.17, 15) is 0 Å². The zero-order valence-electron chi connectivity index (χ0n) is 7.59. The van der Waals surface area contributed by atoms with Crippen LogP contribution in [0.5, 0.6) is 0 Å². The van der Waals surface area contributed by atoms with Gasteiger partial charge in [0, 0.05) is 5.22 Å². The highest BCUT2D eigenvalue weighted by Crippen LogP contribution is 1.96. The van der Waals surface area contributed by atoms with E-state index in [0.717, 1.165) is 17.0 Å². The fraction of sp³-hybridized carbons (Fsp3) is 0.300. The van der Waals surface area contributed by atoms with Crippen LogP contribution in [0.2, 0.25) is 0 Å². The number of aromatic amines is 1. The van der Waals surface area contributed by atoms with Crippen LogP contribution >= 0.6 is 0 Å². The Bertz CT molecular complexity index is 371. The Morgan fingerprint density at radius 1 is 1.75 bits per heavy atom. The highest BCUT2D eigenvalue weighted by molar-refractivity contribution is 5.54. The summed E-state index contributed by atoms with van der Waals surface area (Å²) in [7, 11) is 0. The van der Waals surface area contributed by atoms with E-state index < -0.39 is 0 Å². The molecule has 1 heterocycles. The molecule has 0 amide bonds. The summed E-state index contributed by atoms with van der Waals surface area (Å²) in [6.07, 6.45) is 6.72. The fourth-order valence-electron chi connectivity index (χ4n) is 1.19. The summed E-state index contributed by atoms with van der Waals surface area (Å²) < 4.78 is 0. The number of aromatic nitrogens is 2. The van der Waals surface area contributed by atoms with Crippen molar-refractivity contribution in [1.82, 2.24) is 10.2 Å². The minimum absolute atomic E-state index is 0.979. The lowest BCUT2D eigenvalue weighted by Crippen LogP contribution is -2.24. The van der Waals surface area contributed by atoms with Gasteiger partial charge in [-0.2, -0.15) is 5.10 Å². The van der Waals surface area contributed by atoms with Crippen molar-refractivity contribution in [3.05, 3.63) is 29.4 Å². The number of allylic oxidation sites excluding steroid dienone is 1. The minimum Gasteiger partial charge on any atom is -0.278 e. The number of hydrogen-bond donors (Lipinski definition) is 1. The Hall–Kier alpha value is -1.31. The van der Waals surface area contributed by atoms with Crippen molar-refractivity contribution in [3.8, 4) is 0 Å². The maximum Gasteiger partial charge on any atom is 0.0678 e. The number of hydrogen-bond acceptors (Lipinski definition) is 1. The molecular weight excluding hydrogens is 148 g/mol. The van der Waals surface area contributed by atoms with E-state index in [0.29, 0.717) is 0 Å². The van der Waals surface area contributed by atoms with Gasteiger partial charge < -0.3 is 0 Å². The molecule has 64 valence electrons. The Morgan fingerprint density at radius 2 is 2.50 bits per heavy atom. The highest BCUT2D eigenvalue weighted by atomic mass is 15.1. The van der Waals surface area contributed by atoms with Gasteiger partial charge in [-0.3, -0.25) is 5.10 Å². The number of rotatable bonds is 2. The maximum atomic E-state index is 3.98. The summed E-state index contributed by atoms with van der Waals surface area (Å²) in [5.41, 5.74) is 1.21. The van der Waals surface area contributed by atoms with Gasteiger partial charge in [0.25, 0.3) is 0 Å². The Kier molecular flexibility index (Phi) is 2.86. The van der Waals surface area contributed by atoms with Crippen LogP contribution in [0.4, 0.5) is 0 Å². The molecular formula is C10H14N2. The quantitative estimate of drug-likeness (QED) is 0.689. The summed E-state index contributed by atoms with van der Waals surface area (Å²) in [4.78, 5) is 0. The summed E-state index contributed by atoms with van der Waals surface area (Å²) in [6, 6.07) is 0. The molecule has 0 radical (unpaired) electrons. The van der Waals surface area contributed by atoms with E-state index >= 15 is 0 Å². The Balaban J connectivity index is 3.52. The largest absolute Gasteiger partial charge is 0.278 e. The van der Waals surface area contributed by atoms with E-state index in [-0.39, 0.29) is 0 Å². The van der Waals surface area contributed by atoms with E-state index in [1.54, 1.807) is 0 Å². The molecule has 1 rings (SSSR count). The first-order chi connectivity index (χ1) is 5.83. The van der Waals surface area contributed by atoms with Gasteiger partial charge in [-0.15, -0.1) is 0 Å². The van der Waals surface area contributed by atoms with Gasteiger partial charge in [0.05, 0.1) is 11.5 Å². The fourth-order valence-corrected chi connectivity index (χ4v) is 1.19. The molecule has 2 nitrogen and oxygen atoms in total. The van der Waals surface area contributed by atoms with Gasteiger partial charge in [-0.25, -0.2) is 0 Å². The lowest BCUT2D eigenvalue weighted by atomic mass is 10.2. The lowest BCUT2D eigenvalue weighted by molar-refractivity contribution is 1.05. The molecule has 0 aromatic carbocycles. The molecule has 0 aliphatic heterocycles. The summed E-state index contributed by atoms with van der Waals surface area (Å²) in [5, 5.41) is 9.19. The minimum atomic E-state index is 0.979. The molecule has 0 bridgehead atoms. The zero-order valence-corrected chi connectivity index (χ0v) is 7.59. The zero-order chi connectivity index (χ0) is 8.97. The molecule has 0 aliphatic carbocycles. The third-order valence-electron chi connectivity index (χ3n) is 1.93. The van der Waals surface area contributed by atoms with E-state index in [4.69, 9.17) is 0 Å². The van der Waals surface area contributed by atoms with Crippen LogP contribution in [-0.4, -0.2) is 10.2 Å². The third-order valence-corrected chi connectivity index (χ3v) is 1.93. The molecule has 0 atom stereocenters. The summed E-state index contributed by atoms with van der Waals surface area (Å²) >= 11 is 0. The maximum absolute atomic E-state index is 3.98. The van der Waals surface area contributed by atoms with Gasteiger partial charge >= 0.3 is 0 Å². The normalized spacial score (nSPS) is 14.7.